The second-order valence-electron chi connectivity index (χ2n) is 8.63. The van der Waals surface area contributed by atoms with Crippen LogP contribution in [0.15, 0.2) is 117 Å². The number of thioether (sulfide) groups is 1. The summed E-state index contributed by atoms with van der Waals surface area (Å²) in [6, 6.07) is 22.7. The van der Waals surface area contributed by atoms with Crippen LogP contribution in [0.5, 0.6) is 0 Å². The van der Waals surface area contributed by atoms with E-state index in [0.29, 0.717) is 22.0 Å². The fourth-order valence-corrected chi connectivity index (χ4v) is 4.81. The number of benzene rings is 3. The van der Waals surface area contributed by atoms with Gasteiger partial charge in [-0.25, -0.2) is 0 Å². The minimum Gasteiger partial charge on any atom is -0.467 e. The molecule has 7 nitrogen and oxygen atoms in total. The van der Waals surface area contributed by atoms with Crippen LogP contribution in [0.1, 0.15) is 21.7 Å². The van der Waals surface area contributed by atoms with Crippen molar-refractivity contribution in [2.75, 3.05) is 10.6 Å². The first-order chi connectivity index (χ1) is 19.2. The van der Waals surface area contributed by atoms with Gasteiger partial charge >= 0.3 is 6.18 Å². The molecule has 2 heterocycles. The van der Waals surface area contributed by atoms with E-state index in [4.69, 9.17) is 4.42 Å². The minimum atomic E-state index is -4.49. The summed E-state index contributed by atoms with van der Waals surface area (Å²) in [5.74, 6) is -1.09. The Morgan fingerprint density at radius 2 is 1.52 bits per heavy atom. The van der Waals surface area contributed by atoms with Crippen molar-refractivity contribution in [3.05, 3.63) is 125 Å². The van der Waals surface area contributed by atoms with Crippen molar-refractivity contribution in [2.24, 2.45) is 0 Å². The molecule has 3 amide bonds. The fourth-order valence-electron chi connectivity index (χ4n) is 3.86. The molecule has 0 bridgehead atoms. The standard InChI is InChI=1S/C29H20F3N3O4S/c30-29(31,32)19-10-8-18(9-11-19)26(36)34-21-12-14-23(15-13-21)40-25-24(33-20-5-2-1-3-6-20)27(37)35(28(25)38)17-22-7-4-16-39-22/h1-16,33H,17H2,(H,34,36). The zero-order valence-corrected chi connectivity index (χ0v) is 21.4. The zero-order valence-electron chi connectivity index (χ0n) is 20.6. The van der Waals surface area contributed by atoms with Gasteiger partial charge in [-0.3, -0.25) is 19.3 Å². The number of hydrogen-bond acceptors (Lipinski definition) is 6. The number of carbonyl (C=O) groups is 3. The molecule has 3 aromatic carbocycles. The molecule has 0 aliphatic carbocycles. The summed E-state index contributed by atoms with van der Waals surface area (Å²) in [6.07, 6.45) is -3.03. The van der Waals surface area contributed by atoms with Gasteiger partial charge in [-0.05, 0) is 72.8 Å². The van der Waals surface area contributed by atoms with E-state index in [0.717, 1.165) is 40.9 Å². The monoisotopic (exact) mass is 563 g/mol. The summed E-state index contributed by atoms with van der Waals surface area (Å²) in [5.41, 5.74) is 0.396. The quantitative estimate of drug-likeness (QED) is 0.237. The van der Waals surface area contributed by atoms with Crippen molar-refractivity contribution in [3.8, 4) is 0 Å². The first-order valence-electron chi connectivity index (χ1n) is 11.9. The van der Waals surface area contributed by atoms with E-state index >= 15 is 0 Å². The van der Waals surface area contributed by atoms with E-state index in [-0.39, 0.29) is 22.7 Å². The average molecular weight is 564 g/mol. The highest BCUT2D eigenvalue weighted by atomic mass is 32.2. The predicted molar refractivity (Wildman–Crippen MR) is 143 cm³/mol. The highest BCUT2D eigenvalue weighted by Gasteiger charge is 2.39. The van der Waals surface area contributed by atoms with Gasteiger partial charge in [0.2, 0.25) is 0 Å². The SMILES string of the molecule is O=C(Nc1ccc(SC2=C(Nc3ccccc3)C(=O)N(Cc3ccco3)C2=O)cc1)c1ccc(C(F)(F)F)cc1. The number of hydrogen-bond donors (Lipinski definition) is 2. The molecule has 11 heteroatoms. The fraction of sp³-hybridized carbons (Fsp3) is 0.0690. The Balaban J connectivity index is 1.32. The van der Waals surface area contributed by atoms with Crippen molar-refractivity contribution in [1.29, 1.82) is 0 Å². The highest BCUT2D eigenvalue weighted by molar-refractivity contribution is 8.04. The second-order valence-corrected chi connectivity index (χ2v) is 9.71. The third-order valence-corrected chi connectivity index (χ3v) is 6.96. The van der Waals surface area contributed by atoms with Gasteiger partial charge in [-0.1, -0.05) is 30.0 Å². The maximum atomic E-state index is 13.3. The lowest BCUT2D eigenvalue weighted by Crippen LogP contribution is -2.31. The molecule has 0 unspecified atom stereocenters. The van der Waals surface area contributed by atoms with E-state index in [1.807, 2.05) is 6.07 Å². The number of rotatable bonds is 8. The van der Waals surface area contributed by atoms with Crippen LogP contribution in [0.3, 0.4) is 0 Å². The number of furan rings is 1. The van der Waals surface area contributed by atoms with E-state index in [1.54, 1.807) is 60.7 Å². The third kappa shape index (κ3) is 5.94. The van der Waals surface area contributed by atoms with Crippen molar-refractivity contribution >= 4 is 40.9 Å². The summed E-state index contributed by atoms with van der Waals surface area (Å²) in [7, 11) is 0. The van der Waals surface area contributed by atoms with Crippen molar-refractivity contribution in [1.82, 2.24) is 4.90 Å². The smallest absolute Gasteiger partial charge is 0.416 e. The number of alkyl halides is 3. The Labute approximate surface area is 230 Å². The number of nitrogens with one attached hydrogen (secondary N) is 2. The van der Waals surface area contributed by atoms with Crippen LogP contribution in [-0.4, -0.2) is 22.6 Å². The number of para-hydroxylation sites is 1. The van der Waals surface area contributed by atoms with E-state index in [1.165, 1.54) is 6.26 Å². The van der Waals surface area contributed by atoms with E-state index in [2.05, 4.69) is 10.6 Å². The molecule has 0 saturated heterocycles. The van der Waals surface area contributed by atoms with E-state index < -0.39 is 29.5 Å². The molecule has 1 aliphatic rings. The Hall–Kier alpha value is -4.77. The maximum absolute atomic E-state index is 13.3. The zero-order chi connectivity index (χ0) is 28.3. The highest BCUT2D eigenvalue weighted by Crippen LogP contribution is 2.37. The minimum absolute atomic E-state index is 0.0242. The first kappa shape index (κ1) is 26.8. The van der Waals surface area contributed by atoms with Crippen LogP contribution >= 0.6 is 11.8 Å². The van der Waals surface area contributed by atoms with Crippen molar-refractivity contribution < 1.29 is 32.0 Å². The molecule has 1 aliphatic heterocycles. The molecule has 1 aromatic heterocycles. The van der Waals surface area contributed by atoms with Gasteiger partial charge in [-0.15, -0.1) is 0 Å². The molecule has 5 rings (SSSR count). The van der Waals surface area contributed by atoms with Gasteiger partial charge in [0.25, 0.3) is 17.7 Å². The van der Waals surface area contributed by atoms with Crippen LogP contribution in [0.2, 0.25) is 0 Å². The maximum Gasteiger partial charge on any atom is 0.416 e. The number of halogens is 3. The number of nitrogens with zero attached hydrogens (tertiary/aromatic N) is 1. The molecule has 0 radical (unpaired) electrons. The van der Waals surface area contributed by atoms with Crippen LogP contribution in [-0.2, 0) is 22.3 Å². The average Bonchev–Trinajstić information content (AvgIpc) is 3.54. The number of carbonyl (C=O) groups excluding carboxylic acids is 3. The molecule has 0 fully saturated rings. The molecule has 202 valence electrons. The van der Waals surface area contributed by atoms with Crippen LogP contribution in [0, 0.1) is 0 Å². The molecule has 40 heavy (non-hydrogen) atoms. The summed E-state index contributed by atoms with van der Waals surface area (Å²) < 4.78 is 43.7. The lowest BCUT2D eigenvalue weighted by molar-refractivity contribution is -0.139. The Bertz CT molecular complexity index is 1570. The van der Waals surface area contributed by atoms with E-state index in [9.17, 15) is 27.6 Å². The molecule has 0 spiro atoms. The van der Waals surface area contributed by atoms with Crippen LogP contribution in [0.25, 0.3) is 0 Å². The van der Waals surface area contributed by atoms with Gasteiger partial charge < -0.3 is 15.1 Å². The van der Waals surface area contributed by atoms with Gasteiger partial charge in [0, 0.05) is 21.8 Å². The number of amides is 3. The van der Waals surface area contributed by atoms with Crippen molar-refractivity contribution in [2.45, 2.75) is 17.6 Å². The summed E-state index contributed by atoms with van der Waals surface area (Å²) in [6.45, 7) is -0.0242. The third-order valence-electron chi connectivity index (χ3n) is 5.87. The molecular weight excluding hydrogens is 543 g/mol. The Kier molecular flexibility index (Phi) is 7.47. The van der Waals surface area contributed by atoms with Gasteiger partial charge in [0.15, 0.2) is 0 Å². The summed E-state index contributed by atoms with van der Waals surface area (Å²) in [5, 5.41) is 5.69. The summed E-state index contributed by atoms with van der Waals surface area (Å²) in [4.78, 5) is 41.0. The van der Waals surface area contributed by atoms with Crippen molar-refractivity contribution in [3.63, 3.8) is 0 Å². The van der Waals surface area contributed by atoms with Crippen LogP contribution in [0.4, 0.5) is 24.5 Å². The van der Waals surface area contributed by atoms with Gasteiger partial charge in [0.05, 0.1) is 18.4 Å². The lowest BCUT2D eigenvalue weighted by Gasteiger charge is -2.13. The molecule has 4 aromatic rings. The first-order valence-corrected chi connectivity index (χ1v) is 12.7. The number of imide groups is 1. The Morgan fingerprint density at radius 1 is 0.825 bits per heavy atom. The molecule has 0 saturated carbocycles. The molecule has 2 N–H and O–H groups in total. The second kappa shape index (κ2) is 11.1. The predicted octanol–water partition coefficient (Wildman–Crippen LogP) is 6.54. The lowest BCUT2D eigenvalue weighted by atomic mass is 10.1. The molecular formula is C29H20F3N3O4S. The Morgan fingerprint density at radius 3 is 2.15 bits per heavy atom. The van der Waals surface area contributed by atoms with Crippen LogP contribution < -0.4 is 10.6 Å². The normalized spacial score (nSPS) is 13.6. The van der Waals surface area contributed by atoms with Gasteiger partial charge in [-0.2, -0.15) is 13.2 Å². The number of anilines is 2. The largest absolute Gasteiger partial charge is 0.467 e. The van der Waals surface area contributed by atoms with Gasteiger partial charge in [0.1, 0.15) is 16.4 Å². The summed E-state index contributed by atoms with van der Waals surface area (Å²) >= 11 is 1.09. The molecule has 0 atom stereocenters. The topological polar surface area (TPSA) is 91.7 Å².